The Morgan fingerprint density at radius 2 is 2.05 bits per heavy atom. The van der Waals surface area contributed by atoms with Crippen molar-refractivity contribution in [1.82, 2.24) is 10.2 Å². The van der Waals surface area contributed by atoms with Crippen molar-refractivity contribution in [2.45, 2.75) is 25.5 Å². The maximum absolute atomic E-state index is 12.4. The van der Waals surface area contributed by atoms with Crippen LogP contribution in [-0.4, -0.2) is 43.1 Å². The molecule has 0 radical (unpaired) electrons. The van der Waals surface area contributed by atoms with Gasteiger partial charge in [0.2, 0.25) is 5.91 Å². The van der Waals surface area contributed by atoms with Gasteiger partial charge in [0.25, 0.3) is 0 Å². The molecule has 1 N–H and O–H groups in total. The lowest BCUT2D eigenvalue weighted by Crippen LogP contribution is -2.55. The number of nitrogens with zero attached hydrogens (tertiary/aromatic N) is 1. The fourth-order valence-electron chi connectivity index (χ4n) is 2.21. The Morgan fingerprint density at radius 1 is 1.37 bits per heavy atom. The number of hydrogen-bond acceptors (Lipinski definition) is 3. The van der Waals surface area contributed by atoms with E-state index < -0.39 is 5.54 Å². The van der Waals surface area contributed by atoms with Crippen molar-refractivity contribution in [3.8, 4) is 0 Å². The minimum atomic E-state index is -0.529. The summed E-state index contributed by atoms with van der Waals surface area (Å²) in [6.45, 7) is 5.68. The van der Waals surface area contributed by atoms with Crippen molar-refractivity contribution in [2.24, 2.45) is 0 Å². The largest absolute Gasteiger partial charge is 0.370 e. The fourth-order valence-corrected chi connectivity index (χ4v) is 2.21. The second-order valence-corrected chi connectivity index (χ2v) is 5.40. The summed E-state index contributed by atoms with van der Waals surface area (Å²) in [5.41, 5.74) is 0.598. The highest BCUT2D eigenvalue weighted by Gasteiger charge is 2.33. The van der Waals surface area contributed by atoms with E-state index in [2.05, 4.69) is 5.32 Å². The van der Waals surface area contributed by atoms with Crippen molar-refractivity contribution < 1.29 is 9.53 Å². The number of rotatable bonds is 3. The Labute approximate surface area is 114 Å². The van der Waals surface area contributed by atoms with Gasteiger partial charge in [-0.1, -0.05) is 30.3 Å². The van der Waals surface area contributed by atoms with Crippen LogP contribution >= 0.6 is 0 Å². The molecule has 0 spiro atoms. The van der Waals surface area contributed by atoms with Crippen LogP contribution < -0.4 is 5.32 Å². The van der Waals surface area contributed by atoms with Gasteiger partial charge in [-0.2, -0.15) is 0 Å². The number of carbonyl (C=O) groups excluding carboxylic acids is 1. The van der Waals surface area contributed by atoms with E-state index in [4.69, 9.17) is 4.74 Å². The second kappa shape index (κ2) is 5.72. The van der Waals surface area contributed by atoms with Crippen molar-refractivity contribution in [3.05, 3.63) is 35.9 Å². The van der Waals surface area contributed by atoms with Crippen molar-refractivity contribution >= 4 is 5.91 Å². The number of ether oxygens (including phenoxy) is 1. The molecule has 1 heterocycles. The third kappa shape index (κ3) is 3.14. The third-order valence-electron chi connectivity index (χ3n) is 3.68. The smallest absolute Gasteiger partial charge is 0.242 e. The lowest BCUT2D eigenvalue weighted by Gasteiger charge is -2.37. The molecule has 19 heavy (non-hydrogen) atoms. The molecule has 0 bridgehead atoms. The van der Waals surface area contributed by atoms with E-state index in [1.807, 2.05) is 56.1 Å². The average Bonchev–Trinajstić information content (AvgIpc) is 2.47. The molecule has 1 amide bonds. The Morgan fingerprint density at radius 3 is 2.68 bits per heavy atom. The zero-order valence-electron chi connectivity index (χ0n) is 11.8. The zero-order chi connectivity index (χ0) is 13.9. The van der Waals surface area contributed by atoms with Gasteiger partial charge < -0.3 is 15.0 Å². The van der Waals surface area contributed by atoms with Crippen LogP contribution in [0, 0.1) is 0 Å². The lowest BCUT2D eigenvalue weighted by molar-refractivity contribution is -0.144. The topological polar surface area (TPSA) is 41.6 Å². The molecule has 1 aliphatic rings. The molecule has 1 saturated heterocycles. The fraction of sp³-hybridized carbons (Fsp3) is 0.533. The molecule has 1 aromatic rings. The first kappa shape index (κ1) is 14.0. The summed E-state index contributed by atoms with van der Waals surface area (Å²) in [5, 5.41) is 3.06. The zero-order valence-corrected chi connectivity index (χ0v) is 11.8. The van der Waals surface area contributed by atoms with Gasteiger partial charge in [-0.3, -0.25) is 4.79 Å². The molecular weight excluding hydrogens is 240 g/mol. The van der Waals surface area contributed by atoms with E-state index in [9.17, 15) is 4.79 Å². The molecule has 4 nitrogen and oxygen atoms in total. The Balaban J connectivity index is 2.08. The minimum absolute atomic E-state index is 0.0217. The van der Waals surface area contributed by atoms with Crippen LogP contribution in [0.3, 0.4) is 0 Å². The molecule has 2 rings (SSSR count). The highest BCUT2D eigenvalue weighted by molar-refractivity contribution is 5.85. The van der Waals surface area contributed by atoms with Gasteiger partial charge in [0.15, 0.2) is 0 Å². The standard InChI is InChI=1S/C15H22N2O2/c1-15(2,16-3)14(18)17-9-10-19-13(11-17)12-7-5-4-6-8-12/h4-8,13,16H,9-11H2,1-3H3. The van der Waals surface area contributed by atoms with Crippen LogP contribution in [0.5, 0.6) is 0 Å². The summed E-state index contributed by atoms with van der Waals surface area (Å²) in [4.78, 5) is 14.3. The number of carbonyl (C=O) groups is 1. The third-order valence-corrected chi connectivity index (χ3v) is 3.68. The van der Waals surface area contributed by atoms with Crippen molar-refractivity contribution in [2.75, 3.05) is 26.7 Å². The number of likely N-dealkylation sites (N-methyl/N-ethyl adjacent to an activating group) is 1. The molecule has 104 valence electrons. The Bertz CT molecular complexity index is 431. The van der Waals surface area contributed by atoms with Crippen LogP contribution in [0.25, 0.3) is 0 Å². The number of hydrogen-bond donors (Lipinski definition) is 1. The number of nitrogens with one attached hydrogen (secondary N) is 1. The summed E-state index contributed by atoms with van der Waals surface area (Å²) in [5.74, 6) is 0.124. The van der Waals surface area contributed by atoms with Gasteiger partial charge in [0, 0.05) is 6.54 Å². The van der Waals surface area contributed by atoms with E-state index in [0.29, 0.717) is 19.7 Å². The maximum atomic E-state index is 12.4. The SMILES string of the molecule is CNC(C)(C)C(=O)N1CCOC(c2ccccc2)C1. The molecule has 0 aromatic heterocycles. The van der Waals surface area contributed by atoms with E-state index >= 15 is 0 Å². The minimum Gasteiger partial charge on any atom is -0.370 e. The van der Waals surface area contributed by atoms with Gasteiger partial charge in [0.1, 0.15) is 6.10 Å². The molecule has 0 aliphatic carbocycles. The Hall–Kier alpha value is -1.39. The van der Waals surface area contributed by atoms with Gasteiger partial charge >= 0.3 is 0 Å². The summed E-state index contributed by atoms with van der Waals surface area (Å²) in [6.07, 6.45) is -0.0217. The molecule has 4 heteroatoms. The molecule has 1 fully saturated rings. The summed E-state index contributed by atoms with van der Waals surface area (Å²) in [7, 11) is 1.81. The summed E-state index contributed by atoms with van der Waals surface area (Å²) in [6, 6.07) is 10.1. The van der Waals surface area contributed by atoms with Gasteiger partial charge in [-0.15, -0.1) is 0 Å². The molecular formula is C15H22N2O2. The molecule has 0 saturated carbocycles. The first-order valence-electron chi connectivity index (χ1n) is 6.69. The highest BCUT2D eigenvalue weighted by atomic mass is 16.5. The van der Waals surface area contributed by atoms with E-state index in [0.717, 1.165) is 5.56 Å². The average molecular weight is 262 g/mol. The second-order valence-electron chi connectivity index (χ2n) is 5.40. The first-order valence-corrected chi connectivity index (χ1v) is 6.69. The molecule has 1 aromatic carbocycles. The number of morpholine rings is 1. The molecule has 1 unspecified atom stereocenters. The Kier molecular flexibility index (Phi) is 4.22. The van der Waals surface area contributed by atoms with Crippen molar-refractivity contribution in [1.29, 1.82) is 0 Å². The van der Waals surface area contributed by atoms with Crippen molar-refractivity contribution in [3.63, 3.8) is 0 Å². The van der Waals surface area contributed by atoms with Crippen LogP contribution in [0.15, 0.2) is 30.3 Å². The summed E-state index contributed by atoms with van der Waals surface area (Å²) >= 11 is 0. The lowest BCUT2D eigenvalue weighted by atomic mass is 10.0. The van der Waals surface area contributed by atoms with Crippen LogP contribution in [-0.2, 0) is 9.53 Å². The molecule has 1 aliphatic heterocycles. The molecule has 1 atom stereocenters. The first-order chi connectivity index (χ1) is 9.04. The highest BCUT2D eigenvalue weighted by Crippen LogP contribution is 2.23. The van der Waals surface area contributed by atoms with Gasteiger partial charge in [0.05, 0.1) is 18.7 Å². The summed E-state index contributed by atoms with van der Waals surface area (Å²) < 4.78 is 5.78. The monoisotopic (exact) mass is 262 g/mol. The number of benzene rings is 1. The predicted molar refractivity (Wildman–Crippen MR) is 74.9 cm³/mol. The predicted octanol–water partition coefficient (Wildman–Crippen LogP) is 1.58. The number of amides is 1. The maximum Gasteiger partial charge on any atom is 0.242 e. The normalized spacial score (nSPS) is 20.4. The van der Waals surface area contributed by atoms with Gasteiger partial charge in [-0.05, 0) is 26.5 Å². The van der Waals surface area contributed by atoms with Gasteiger partial charge in [-0.25, -0.2) is 0 Å². The van der Waals surface area contributed by atoms with E-state index in [1.165, 1.54) is 0 Å². The van der Waals surface area contributed by atoms with E-state index in [-0.39, 0.29) is 12.0 Å². The quantitative estimate of drug-likeness (QED) is 0.899. The van der Waals surface area contributed by atoms with Crippen LogP contribution in [0.1, 0.15) is 25.5 Å². The van der Waals surface area contributed by atoms with E-state index in [1.54, 1.807) is 0 Å². The van der Waals surface area contributed by atoms with Crippen LogP contribution in [0.2, 0.25) is 0 Å². The van der Waals surface area contributed by atoms with Crippen LogP contribution in [0.4, 0.5) is 0 Å².